The van der Waals surface area contributed by atoms with Gasteiger partial charge in [-0.2, -0.15) is 0 Å². The first-order chi connectivity index (χ1) is 5.52. The highest BCUT2D eigenvalue weighted by atomic mass is 79.9. The molecule has 0 fully saturated rings. The van der Waals surface area contributed by atoms with Crippen LogP contribution in [0.1, 0.15) is 16.1 Å². The van der Waals surface area contributed by atoms with Crippen molar-refractivity contribution in [2.45, 2.75) is 11.9 Å². The van der Waals surface area contributed by atoms with Gasteiger partial charge in [0.1, 0.15) is 5.82 Å². The molecule has 2 N–H and O–H groups in total. The Morgan fingerprint density at radius 3 is 2.67 bits per heavy atom. The summed E-state index contributed by atoms with van der Waals surface area (Å²) >= 11 is 8.94. The molecule has 0 aliphatic carbocycles. The molecule has 0 saturated heterocycles. The molecule has 1 nitrogen and oxygen atoms in total. The number of aryl methyl sites for hydroxylation is 1. The minimum Gasteiger partial charge on any atom is -0.315 e. The fraction of sp³-hybridized carbons (Fsp3) is 0.250. The number of halogens is 3. The fourth-order valence-corrected chi connectivity index (χ4v) is 1.72. The van der Waals surface area contributed by atoms with Crippen molar-refractivity contribution in [2.75, 3.05) is 0 Å². The molecule has 0 saturated carbocycles. The lowest BCUT2D eigenvalue weighted by Gasteiger charge is -2.07. The number of alkyl halides is 1. The molecule has 0 heterocycles. The van der Waals surface area contributed by atoms with E-state index in [-0.39, 0.29) is 5.82 Å². The Balaban J connectivity index is 3.23. The van der Waals surface area contributed by atoms with Gasteiger partial charge in [0.15, 0.2) is 0 Å². The van der Waals surface area contributed by atoms with E-state index in [4.69, 9.17) is 17.3 Å². The van der Waals surface area contributed by atoms with Crippen LogP contribution in [-0.2, 0) is 0 Å². The van der Waals surface area contributed by atoms with Crippen molar-refractivity contribution in [3.63, 3.8) is 0 Å². The summed E-state index contributed by atoms with van der Waals surface area (Å²) in [5.41, 5.74) is 6.59. The van der Waals surface area contributed by atoms with E-state index in [1.807, 2.05) is 0 Å². The Morgan fingerprint density at radius 2 is 2.17 bits per heavy atom. The summed E-state index contributed by atoms with van der Waals surface area (Å²) in [7, 11) is 0. The molecule has 1 aromatic rings. The van der Waals surface area contributed by atoms with Crippen molar-refractivity contribution in [2.24, 2.45) is 5.73 Å². The Hall–Kier alpha value is -0.120. The van der Waals surface area contributed by atoms with E-state index >= 15 is 0 Å². The second kappa shape index (κ2) is 3.73. The van der Waals surface area contributed by atoms with E-state index in [0.29, 0.717) is 16.1 Å². The van der Waals surface area contributed by atoms with E-state index in [9.17, 15) is 4.39 Å². The molecule has 1 aromatic carbocycles. The van der Waals surface area contributed by atoms with Crippen LogP contribution in [0.2, 0.25) is 5.02 Å². The van der Waals surface area contributed by atoms with Crippen LogP contribution in [0.15, 0.2) is 12.1 Å². The van der Waals surface area contributed by atoms with Gasteiger partial charge in [0.25, 0.3) is 0 Å². The molecule has 0 amide bonds. The van der Waals surface area contributed by atoms with Gasteiger partial charge in [-0.15, -0.1) is 0 Å². The van der Waals surface area contributed by atoms with Crippen LogP contribution >= 0.6 is 27.5 Å². The monoisotopic (exact) mass is 251 g/mol. The average Bonchev–Trinajstić information content (AvgIpc) is 1.96. The summed E-state index contributed by atoms with van der Waals surface area (Å²) in [5.74, 6) is -0.288. The summed E-state index contributed by atoms with van der Waals surface area (Å²) in [6, 6.07) is 2.91. The van der Waals surface area contributed by atoms with E-state index in [1.165, 1.54) is 6.07 Å². The van der Waals surface area contributed by atoms with Crippen molar-refractivity contribution < 1.29 is 4.39 Å². The molecule has 0 aliphatic heterocycles. The molecule has 12 heavy (non-hydrogen) atoms. The van der Waals surface area contributed by atoms with Gasteiger partial charge in [-0.05, 0) is 24.6 Å². The predicted molar refractivity (Wildman–Crippen MR) is 52.0 cm³/mol. The lowest BCUT2D eigenvalue weighted by atomic mass is 10.1. The van der Waals surface area contributed by atoms with Crippen LogP contribution < -0.4 is 5.73 Å². The molecule has 0 bridgehead atoms. The molecular formula is C8H8BrClFN. The van der Waals surface area contributed by atoms with Gasteiger partial charge in [-0.3, -0.25) is 0 Å². The second-order valence-electron chi connectivity index (χ2n) is 2.52. The highest BCUT2D eigenvalue weighted by Crippen LogP contribution is 2.27. The first-order valence-electron chi connectivity index (χ1n) is 3.37. The SMILES string of the molecule is Cc1cc(Cl)c(C(N)Br)cc1F. The summed E-state index contributed by atoms with van der Waals surface area (Å²) in [6.45, 7) is 1.66. The highest BCUT2D eigenvalue weighted by molar-refractivity contribution is 9.09. The summed E-state index contributed by atoms with van der Waals surface area (Å²) in [4.78, 5) is -0.417. The summed E-state index contributed by atoms with van der Waals surface area (Å²) in [5, 5.41) is 0.485. The molecule has 0 aromatic heterocycles. The maximum absolute atomic E-state index is 13.0. The van der Waals surface area contributed by atoms with Gasteiger partial charge in [-0.25, -0.2) is 4.39 Å². The van der Waals surface area contributed by atoms with Crippen LogP contribution in [-0.4, -0.2) is 0 Å². The Kier molecular flexibility index (Phi) is 3.09. The third-order valence-corrected chi connectivity index (χ3v) is 2.40. The second-order valence-corrected chi connectivity index (χ2v) is 3.92. The summed E-state index contributed by atoms with van der Waals surface area (Å²) in [6.07, 6.45) is 0. The summed E-state index contributed by atoms with van der Waals surface area (Å²) < 4.78 is 13.0. The van der Waals surface area contributed by atoms with Crippen LogP contribution in [0.3, 0.4) is 0 Å². The number of rotatable bonds is 1. The Bertz CT molecular complexity index is 301. The number of benzene rings is 1. The number of nitrogens with two attached hydrogens (primary N) is 1. The zero-order valence-electron chi connectivity index (χ0n) is 6.44. The van der Waals surface area contributed by atoms with Crippen molar-refractivity contribution in [1.29, 1.82) is 0 Å². The van der Waals surface area contributed by atoms with Gasteiger partial charge >= 0.3 is 0 Å². The first-order valence-corrected chi connectivity index (χ1v) is 4.67. The predicted octanol–water partition coefficient (Wildman–Crippen LogP) is 3.14. The van der Waals surface area contributed by atoms with E-state index in [1.54, 1.807) is 13.0 Å². The molecule has 1 unspecified atom stereocenters. The number of hydrogen-bond acceptors (Lipinski definition) is 1. The van der Waals surface area contributed by atoms with Crippen molar-refractivity contribution in [1.82, 2.24) is 0 Å². The van der Waals surface area contributed by atoms with Gasteiger partial charge in [0, 0.05) is 10.6 Å². The average molecular weight is 253 g/mol. The Morgan fingerprint density at radius 1 is 1.58 bits per heavy atom. The van der Waals surface area contributed by atoms with Crippen LogP contribution in [0.25, 0.3) is 0 Å². The van der Waals surface area contributed by atoms with Gasteiger partial charge < -0.3 is 5.73 Å². The van der Waals surface area contributed by atoms with Gasteiger partial charge in [0.05, 0.1) is 4.95 Å². The minimum absolute atomic E-state index is 0.288. The highest BCUT2D eigenvalue weighted by Gasteiger charge is 2.09. The van der Waals surface area contributed by atoms with Crippen LogP contribution in [0, 0.1) is 12.7 Å². The van der Waals surface area contributed by atoms with E-state index in [0.717, 1.165) is 0 Å². The standard InChI is InChI=1S/C8H8BrClFN/c1-4-2-6(10)5(8(9)12)3-7(4)11/h2-3,8H,12H2,1H3. The lowest BCUT2D eigenvalue weighted by molar-refractivity contribution is 0.616. The van der Waals surface area contributed by atoms with E-state index < -0.39 is 4.95 Å². The van der Waals surface area contributed by atoms with Crippen LogP contribution in [0.4, 0.5) is 4.39 Å². The van der Waals surface area contributed by atoms with Gasteiger partial charge in [0.2, 0.25) is 0 Å². The third-order valence-electron chi connectivity index (χ3n) is 1.58. The van der Waals surface area contributed by atoms with E-state index in [2.05, 4.69) is 15.9 Å². The maximum Gasteiger partial charge on any atom is 0.126 e. The largest absolute Gasteiger partial charge is 0.315 e. The molecule has 0 aliphatic rings. The third kappa shape index (κ3) is 1.97. The normalized spacial score (nSPS) is 13.1. The minimum atomic E-state index is -0.417. The molecule has 4 heteroatoms. The van der Waals surface area contributed by atoms with Crippen LogP contribution in [0.5, 0.6) is 0 Å². The Labute approximate surface area is 83.8 Å². The zero-order chi connectivity index (χ0) is 9.30. The van der Waals surface area contributed by atoms with Crippen molar-refractivity contribution >= 4 is 27.5 Å². The zero-order valence-corrected chi connectivity index (χ0v) is 8.79. The van der Waals surface area contributed by atoms with Gasteiger partial charge in [-0.1, -0.05) is 27.5 Å². The molecule has 0 radical (unpaired) electrons. The smallest absolute Gasteiger partial charge is 0.126 e. The molecule has 1 rings (SSSR count). The number of hydrogen-bond donors (Lipinski definition) is 1. The molecule has 66 valence electrons. The molecular weight excluding hydrogens is 244 g/mol. The molecule has 1 atom stereocenters. The fourth-order valence-electron chi connectivity index (χ4n) is 0.873. The lowest BCUT2D eigenvalue weighted by Crippen LogP contribution is -2.03. The molecule has 0 spiro atoms. The van der Waals surface area contributed by atoms with Crippen molar-refractivity contribution in [3.8, 4) is 0 Å². The quantitative estimate of drug-likeness (QED) is 0.603. The maximum atomic E-state index is 13.0. The first kappa shape index (κ1) is 9.96. The van der Waals surface area contributed by atoms with Crippen molar-refractivity contribution in [3.05, 3.63) is 34.1 Å². The topological polar surface area (TPSA) is 26.0 Å².